The molecule has 8 nitrogen and oxygen atoms in total. The Morgan fingerprint density at radius 3 is 3.10 bits per heavy atom. The van der Waals surface area contributed by atoms with Crippen LogP contribution in [0.1, 0.15) is 23.9 Å². The molecule has 1 unspecified atom stereocenters. The van der Waals surface area contributed by atoms with Crippen molar-refractivity contribution in [3.63, 3.8) is 0 Å². The predicted molar refractivity (Wildman–Crippen MR) is 115 cm³/mol. The van der Waals surface area contributed by atoms with E-state index in [9.17, 15) is 14.0 Å². The Balaban J connectivity index is 1.30. The molecule has 2 aromatic heterocycles. The molecule has 1 atom stereocenters. The van der Waals surface area contributed by atoms with E-state index in [0.717, 1.165) is 21.5 Å². The van der Waals surface area contributed by atoms with E-state index in [0.29, 0.717) is 44.3 Å². The summed E-state index contributed by atoms with van der Waals surface area (Å²) in [5, 5.41) is 12.9. The average molecular weight is 446 g/mol. The van der Waals surface area contributed by atoms with Gasteiger partial charge in [0, 0.05) is 49.6 Å². The summed E-state index contributed by atoms with van der Waals surface area (Å²) in [4.78, 5) is 29.8. The zero-order valence-electron chi connectivity index (χ0n) is 17.2. The summed E-state index contributed by atoms with van der Waals surface area (Å²) < 4.78 is 18.9. The summed E-state index contributed by atoms with van der Waals surface area (Å²) in [6.07, 6.45) is 3.25. The van der Waals surface area contributed by atoms with Gasteiger partial charge in [0.1, 0.15) is 10.8 Å². The first-order chi connectivity index (χ1) is 15.0. The Morgan fingerprint density at radius 1 is 1.39 bits per heavy atom. The molecule has 1 aliphatic heterocycles. The second-order valence-corrected chi connectivity index (χ2v) is 8.49. The number of rotatable bonds is 9. The minimum atomic E-state index is -0.427. The molecule has 2 amide bonds. The second-order valence-electron chi connectivity index (χ2n) is 7.43. The fourth-order valence-electron chi connectivity index (χ4n) is 3.69. The van der Waals surface area contributed by atoms with Gasteiger partial charge in [0.15, 0.2) is 0 Å². The lowest BCUT2D eigenvalue weighted by molar-refractivity contribution is -0.128. The average Bonchev–Trinajstić information content (AvgIpc) is 3.45. The van der Waals surface area contributed by atoms with E-state index in [1.807, 2.05) is 13.1 Å². The molecule has 3 heterocycles. The number of hydrogen-bond acceptors (Lipinski definition) is 6. The van der Waals surface area contributed by atoms with Crippen molar-refractivity contribution in [3.8, 4) is 0 Å². The second kappa shape index (κ2) is 9.52. The van der Waals surface area contributed by atoms with Crippen LogP contribution in [0, 0.1) is 11.7 Å². The van der Waals surface area contributed by atoms with E-state index in [1.165, 1.54) is 23.5 Å². The van der Waals surface area contributed by atoms with Crippen molar-refractivity contribution < 1.29 is 18.7 Å². The van der Waals surface area contributed by atoms with E-state index in [1.54, 1.807) is 11.0 Å². The van der Waals surface area contributed by atoms with Crippen molar-refractivity contribution in [2.45, 2.75) is 26.2 Å². The van der Waals surface area contributed by atoms with E-state index in [2.05, 4.69) is 20.5 Å². The molecule has 1 aromatic carbocycles. The standard InChI is InChI=1S/C21H24FN5O3S/c1-2-30-8-6-18-25-26-21(31-18)24-20(29)14-9-19(28)27(12-14)7-5-13-11-23-17-4-3-15(22)10-16(13)17/h3-4,10-11,14,23H,2,5-9,12H2,1H3,(H,24,26,29). The number of anilines is 1. The van der Waals surface area contributed by atoms with Crippen LogP contribution in [-0.4, -0.2) is 58.2 Å². The molecule has 1 saturated heterocycles. The van der Waals surface area contributed by atoms with Crippen LogP contribution in [0.2, 0.25) is 0 Å². The zero-order valence-corrected chi connectivity index (χ0v) is 18.0. The van der Waals surface area contributed by atoms with Crippen molar-refractivity contribution in [3.05, 3.63) is 40.8 Å². The molecule has 3 aromatic rings. The maximum absolute atomic E-state index is 13.6. The molecule has 4 rings (SSSR count). The van der Waals surface area contributed by atoms with Crippen LogP contribution < -0.4 is 5.32 Å². The lowest BCUT2D eigenvalue weighted by atomic mass is 10.1. The van der Waals surface area contributed by atoms with Crippen LogP contribution in [0.15, 0.2) is 24.4 Å². The number of aromatic nitrogens is 3. The highest BCUT2D eigenvalue weighted by molar-refractivity contribution is 7.15. The van der Waals surface area contributed by atoms with Crippen LogP contribution in [0.25, 0.3) is 10.9 Å². The topological polar surface area (TPSA) is 100 Å². The summed E-state index contributed by atoms with van der Waals surface area (Å²) in [5.41, 5.74) is 1.81. The number of carbonyl (C=O) groups excluding carboxylic acids is 2. The van der Waals surface area contributed by atoms with Gasteiger partial charge in [0.25, 0.3) is 0 Å². The molecule has 2 N–H and O–H groups in total. The lowest BCUT2D eigenvalue weighted by Crippen LogP contribution is -2.30. The fraction of sp³-hybridized carbons (Fsp3) is 0.429. The van der Waals surface area contributed by atoms with E-state index >= 15 is 0 Å². The maximum atomic E-state index is 13.6. The number of aromatic amines is 1. The van der Waals surface area contributed by atoms with Crippen molar-refractivity contribution in [1.82, 2.24) is 20.1 Å². The lowest BCUT2D eigenvalue weighted by Gasteiger charge is -2.16. The molecule has 0 saturated carbocycles. The van der Waals surface area contributed by atoms with Gasteiger partial charge in [-0.15, -0.1) is 10.2 Å². The van der Waals surface area contributed by atoms with Gasteiger partial charge in [-0.25, -0.2) is 4.39 Å². The molecule has 164 valence electrons. The number of ether oxygens (including phenoxy) is 1. The van der Waals surface area contributed by atoms with Gasteiger partial charge in [-0.1, -0.05) is 11.3 Å². The van der Waals surface area contributed by atoms with Gasteiger partial charge in [-0.3, -0.25) is 9.59 Å². The van der Waals surface area contributed by atoms with Crippen LogP contribution in [0.4, 0.5) is 9.52 Å². The first-order valence-corrected chi connectivity index (χ1v) is 11.1. The number of fused-ring (bicyclic) bond motifs is 1. The Hall–Kier alpha value is -2.85. The summed E-state index contributed by atoms with van der Waals surface area (Å²) in [6, 6.07) is 4.61. The Morgan fingerprint density at radius 2 is 2.26 bits per heavy atom. The minimum Gasteiger partial charge on any atom is -0.381 e. The summed E-state index contributed by atoms with van der Waals surface area (Å²) in [5.74, 6) is -0.998. The predicted octanol–water partition coefficient (Wildman–Crippen LogP) is 2.77. The van der Waals surface area contributed by atoms with Crippen LogP contribution in [0.3, 0.4) is 0 Å². The third-order valence-electron chi connectivity index (χ3n) is 5.33. The summed E-state index contributed by atoms with van der Waals surface area (Å²) in [7, 11) is 0. The third kappa shape index (κ3) is 5.08. The Kier molecular flexibility index (Phi) is 6.57. The van der Waals surface area contributed by atoms with Crippen LogP contribution in [-0.2, 0) is 27.2 Å². The van der Waals surface area contributed by atoms with Crippen molar-refractivity contribution in [2.75, 3.05) is 31.6 Å². The number of nitrogens with zero attached hydrogens (tertiary/aromatic N) is 3. The first-order valence-electron chi connectivity index (χ1n) is 10.3. The molecule has 0 aliphatic carbocycles. The molecule has 0 bridgehead atoms. The molecule has 10 heteroatoms. The van der Waals surface area contributed by atoms with Crippen molar-refractivity contribution >= 4 is 39.2 Å². The first kappa shape index (κ1) is 21.4. The van der Waals surface area contributed by atoms with Crippen LogP contribution >= 0.6 is 11.3 Å². The largest absolute Gasteiger partial charge is 0.381 e. The number of amides is 2. The third-order valence-corrected chi connectivity index (χ3v) is 6.23. The Labute approximate surface area is 182 Å². The highest BCUT2D eigenvalue weighted by Crippen LogP contribution is 2.24. The maximum Gasteiger partial charge on any atom is 0.231 e. The van der Waals surface area contributed by atoms with Gasteiger partial charge in [0.05, 0.1) is 12.5 Å². The van der Waals surface area contributed by atoms with Crippen molar-refractivity contribution in [1.29, 1.82) is 0 Å². The van der Waals surface area contributed by atoms with Gasteiger partial charge in [-0.05, 0) is 37.1 Å². The Bertz CT molecular complexity index is 1080. The number of hydrogen-bond donors (Lipinski definition) is 2. The number of carbonyl (C=O) groups is 2. The molecular formula is C21H24FN5O3S. The SMILES string of the molecule is CCOCCc1nnc(NC(=O)C2CC(=O)N(CCc3c[nH]c4ccc(F)cc34)C2)s1. The smallest absolute Gasteiger partial charge is 0.231 e. The van der Waals surface area contributed by atoms with Gasteiger partial charge < -0.3 is 19.9 Å². The molecule has 1 aliphatic rings. The van der Waals surface area contributed by atoms with E-state index < -0.39 is 5.92 Å². The minimum absolute atomic E-state index is 0.0548. The van der Waals surface area contributed by atoms with E-state index in [4.69, 9.17) is 4.74 Å². The van der Waals surface area contributed by atoms with Gasteiger partial charge in [-0.2, -0.15) is 0 Å². The number of halogens is 1. The molecule has 0 radical (unpaired) electrons. The van der Waals surface area contributed by atoms with Crippen molar-refractivity contribution in [2.24, 2.45) is 5.92 Å². The highest BCUT2D eigenvalue weighted by atomic mass is 32.1. The quantitative estimate of drug-likeness (QED) is 0.494. The van der Waals surface area contributed by atoms with Crippen LogP contribution in [0.5, 0.6) is 0 Å². The zero-order chi connectivity index (χ0) is 21.8. The normalized spacial score (nSPS) is 16.4. The summed E-state index contributed by atoms with van der Waals surface area (Å²) >= 11 is 1.32. The highest BCUT2D eigenvalue weighted by Gasteiger charge is 2.34. The molecule has 0 spiro atoms. The number of benzene rings is 1. The molecule has 1 fully saturated rings. The number of nitrogens with one attached hydrogen (secondary N) is 2. The fourth-order valence-corrected chi connectivity index (χ4v) is 4.42. The van der Waals surface area contributed by atoms with Gasteiger partial charge in [0.2, 0.25) is 16.9 Å². The van der Waals surface area contributed by atoms with E-state index in [-0.39, 0.29) is 24.1 Å². The monoisotopic (exact) mass is 445 g/mol. The number of H-pyrrole nitrogens is 1. The summed E-state index contributed by atoms with van der Waals surface area (Å²) in [6.45, 7) is 3.97. The molecule has 31 heavy (non-hydrogen) atoms. The molecular weight excluding hydrogens is 421 g/mol. The number of likely N-dealkylation sites (tertiary alicyclic amines) is 1. The van der Waals surface area contributed by atoms with Gasteiger partial charge >= 0.3 is 0 Å².